The molecule has 0 bridgehead atoms. The van der Waals surface area contributed by atoms with Gasteiger partial charge in [0.25, 0.3) is 5.69 Å². The summed E-state index contributed by atoms with van der Waals surface area (Å²) in [5.74, 6) is 0. The number of pyridine rings is 1. The van der Waals surface area contributed by atoms with Gasteiger partial charge in [-0.05, 0) is 29.8 Å². The minimum absolute atomic E-state index is 0.143. The van der Waals surface area contributed by atoms with Crippen LogP contribution >= 0.6 is 15.9 Å². The first-order chi connectivity index (χ1) is 6.88. The molecular weight excluding hydrogens is 262 g/mol. The molecule has 0 radical (unpaired) electrons. The number of hydrogen-bond donors (Lipinski definition) is 0. The van der Waals surface area contributed by atoms with E-state index < -0.39 is 10.3 Å². The van der Waals surface area contributed by atoms with Crippen molar-refractivity contribution in [1.82, 2.24) is 4.98 Å². The molecule has 0 unspecified atom stereocenters. The Hall–Kier alpha value is -1.48. The lowest BCUT2D eigenvalue weighted by Gasteiger charge is -2.14. The highest BCUT2D eigenvalue weighted by molar-refractivity contribution is 9.10. The van der Waals surface area contributed by atoms with Gasteiger partial charge in [0.2, 0.25) is 0 Å². The molecule has 0 fully saturated rings. The van der Waals surface area contributed by atoms with E-state index >= 15 is 0 Å². The first-order valence-electron chi connectivity index (χ1n) is 4.10. The Morgan fingerprint density at radius 3 is 2.73 bits per heavy atom. The van der Waals surface area contributed by atoms with Gasteiger partial charge in [0.15, 0.2) is 0 Å². The molecule has 0 N–H and O–H groups in total. The lowest BCUT2D eigenvalue weighted by atomic mass is 9.90. The van der Waals surface area contributed by atoms with Crippen molar-refractivity contribution in [2.24, 2.45) is 0 Å². The van der Waals surface area contributed by atoms with Crippen molar-refractivity contribution in [2.75, 3.05) is 0 Å². The zero-order valence-corrected chi connectivity index (χ0v) is 9.78. The van der Waals surface area contributed by atoms with Crippen LogP contribution in [-0.2, 0) is 5.41 Å². The number of aromatic nitrogens is 1. The molecule has 1 aromatic rings. The second kappa shape index (κ2) is 3.95. The van der Waals surface area contributed by atoms with E-state index in [0.29, 0.717) is 4.47 Å². The molecule has 5 nitrogen and oxygen atoms in total. The van der Waals surface area contributed by atoms with Crippen LogP contribution < -0.4 is 0 Å². The first-order valence-corrected chi connectivity index (χ1v) is 4.89. The number of rotatable bonds is 2. The van der Waals surface area contributed by atoms with Crippen molar-refractivity contribution in [2.45, 2.75) is 19.3 Å². The smallest absolute Gasteiger partial charge is 0.258 e. The normalized spacial score (nSPS) is 10.8. The Kier molecular flexibility index (Phi) is 3.05. The Balaban J connectivity index is 3.44. The van der Waals surface area contributed by atoms with Crippen molar-refractivity contribution >= 4 is 21.6 Å². The molecule has 0 aliphatic heterocycles. The van der Waals surface area contributed by atoms with E-state index in [1.54, 1.807) is 13.8 Å². The summed E-state index contributed by atoms with van der Waals surface area (Å²) in [5, 5.41) is 19.7. The van der Waals surface area contributed by atoms with Crippen LogP contribution in [0.25, 0.3) is 0 Å². The molecule has 15 heavy (non-hydrogen) atoms. The van der Waals surface area contributed by atoms with Crippen LogP contribution in [0.1, 0.15) is 19.5 Å². The lowest BCUT2D eigenvalue weighted by molar-refractivity contribution is -0.386. The fraction of sp³-hybridized carbons (Fsp3) is 0.333. The molecule has 0 amide bonds. The van der Waals surface area contributed by atoms with Crippen molar-refractivity contribution in [3.63, 3.8) is 0 Å². The average molecular weight is 270 g/mol. The topological polar surface area (TPSA) is 79.8 Å². The summed E-state index contributed by atoms with van der Waals surface area (Å²) < 4.78 is 0.520. The largest absolute Gasteiger partial charge is 0.293 e. The molecule has 1 rings (SSSR count). The SMILES string of the molecule is CC(C)(C#N)c1ncc(Br)cc1[N+](=O)[O-]. The van der Waals surface area contributed by atoms with Gasteiger partial charge >= 0.3 is 0 Å². The highest BCUT2D eigenvalue weighted by atomic mass is 79.9. The van der Waals surface area contributed by atoms with E-state index in [0.717, 1.165) is 0 Å². The van der Waals surface area contributed by atoms with Gasteiger partial charge in [-0.25, -0.2) is 0 Å². The standard InChI is InChI=1S/C9H8BrN3O2/c1-9(2,5-11)8-7(13(14)15)3-6(10)4-12-8/h3-4H,1-2H3. The van der Waals surface area contributed by atoms with Gasteiger partial charge in [-0.1, -0.05) is 0 Å². The van der Waals surface area contributed by atoms with Crippen LogP contribution in [0.2, 0.25) is 0 Å². The summed E-state index contributed by atoms with van der Waals surface area (Å²) >= 11 is 3.10. The predicted octanol–water partition coefficient (Wildman–Crippen LogP) is 2.55. The predicted molar refractivity (Wildman–Crippen MR) is 57.2 cm³/mol. The second-order valence-corrected chi connectivity index (χ2v) is 4.43. The third-order valence-electron chi connectivity index (χ3n) is 1.90. The molecule has 0 aromatic carbocycles. The fourth-order valence-electron chi connectivity index (χ4n) is 1.10. The molecule has 0 aliphatic rings. The summed E-state index contributed by atoms with van der Waals surface area (Å²) in [4.78, 5) is 14.2. The molecule has 1 aromatic heterocycles. The maximum absolute atomic E-state index is 10.8. The molecule has 6 heteroatoms. The fourth-order valence-corrected chi connectivity index (χ4v) is 1.42. The van der Waals surface area contributed by atoms with Gasteiger partial charge in [0, 0.05) is 16.7 Å². The maximum atomic E-state index is 10.8. The Morgan fingerprint density at radius 1 is 1.67 bits per heavy atom. The minimum atomic E-state index is -0.969. The molecule has 0 saturated carbocycles. The van der Waals surface area contributed by atoms with Crippen LogP contribution in [-0.4, -0.2) is 9.91 Å². The number of nitro groups is 1. The van der Waals surface area contributed by atoms with Gasteiger partial charge in [0.1, 0.15) is 11.1 Å². The Bertz CT molecular complexity index is 451. The van der Waals surface area contributed by atoms with Crippen LogP contribution in [0.4, 0.5) is 5.69 Å². The van der Waals surface area contributed by atoms with Gasteiger partial charge in [0.05, 0.1) is 11.0 Å². The zero-order valence-electron chi connectivity index (χ0n) is 8.19. The van der Waals surface area contributed by atoms with E-state index in [1.807, 2.05) is 6.07 Å². The van der Waals surface area contributed by atoms with E-state index in [9.17, 15) is 10.1 Å². The minimum Gasteiger partial charge on any atom is -0.258 e. The van der Waals surface area contributed by atoms with Gasteiger partial charge < -0.3 is 0 Å². The van der Waals surface area contributed by atoms with E-state index in [4.69, 9.17) is 5.26 Å². The average Bonchev–Trinajstić information content (AvgIpc) is 2.17. The molecule has 0 saturated heterocycles. The van der Waals surface area contributed by atoms with Crippen molar-refractivity contribution < 1.29 is 4.92 Å². The molecule has 0 spiro atoms. The molecule has 1 heterocycles. The van der Waals surface area contributed by atoms with Crippen molar-refractivity contribution in [3.05, 3.63) is 32.5 Å². The Morgan fingerprint density at radius 2 is 2.27 bits per heavy atom. The quantitative estimate of drug-likeness (QED) is 0.611. The number of nitrogens with zero attached hydrogens (tertiary/aromatic N) is 3. The van der Waals surface area contributed by atoms with Crippen LogP contribution in [0.15, 0.2) is 16.7 Å². The van der Waals surface area contributed by atoms with E-state index in [1.165, 1.54) is 12.3 Å². The maximum Gasteiger partial charge on any atom is 0.293 e. The van der Waals surface area contributed by atoms with Crippen LogP contribution in [0, 0.1) is 21.4 Å². The monoisotopic (exact) mass is 269 g/mol. The number of halogens is 1. The van der Waals surface area contributed by atoms with Crippen LogP contribution in [0.5, 0.6) is 0 Å². The molecular formula is C9H8BrN3O2. The zero-order chi connectivity index (χ0) is 11.6. The van der Waals surface area contributed by atoms with Gasteiger partial charge in [-0.2, -0.15) is 5.26 Å². The van der Waals surface area contributed by atoms with Crippen molar-refractivity contribution in [3.8, 4) is 6.07 Å². The summed E-state index contributed by atoms with van der Waals surface area (Å²) in [6.07, 6.45) is 1.45. The highest BCUT2D eigenvalue weighted by Gasteiger charge is 2.30. The summed E-state index contributed by atoms with van der Waals surface area (Å²) in [7, 11) is 0. The van der Waals surface area contributed by atoms with Gasteiger partial charge in [-0.15, -0.1) is 0 Å². The summed E-state index contributed by atoms with van der Waals surface area (Å²) in [5.41, 5.74) is -0.933. The summed E-state index contributed by atoms with van der Waals surface area (Å²) in [6, 6.07) is 3.34. The third kappa shape index (κ3) is 2.30. The molecule has 78 valence electrons. The lowest BCUT2D eigenvalue weighted by Crippen LogP contribution is -2.18. The third-order valence-corrected chi connectivity index (χ3v) is 2.34. The number of nitriles is 1. The molecule has 0 atom stereocenters. The highest BCUT2D eigenvalue weighted by Crippen LogP contribution is 2.30. The Labute approximate surface area is 95.0 Å². The number of hydrogen-bond acceptors (Lipinski definition) is 4. The van der Waals surface area contributed by atoms with E-state index in [2.05, 4.69) is 20.9 Å². The second-order valence-electron chi connectivity index (χ2n) is 3.52. The van der Waals surface area contributed by atoms with Crippen LogP contribution in [0.3, 0.4) is 0 Å². The van der Waals surface area contributed by atoms with E-state index in [-0.39, 0.29) is 11.4 Å². The molecule has 0 aliphatic carbocycles. The van der Waals surface area contributed by atoms with Crippen molar-refractivity contribution in [1.29, 1.82) is 5.26 Å². The van der Waals surface area contributed by atoms with Gasteiger partial charge in [-0.3, -0.25) is 15.1 Å². The summed E-state index contributed by atoms with van der Waals surface area (Å²) in [6.45, 7) is 3.19. The first kappa shape index (κ1) is 11.6.